The van der Waals surface area contributed by atoms with Gasteiger partial charge in [-0.2, -0.15) is 0 Å². The van der Waals surface area contributed by atoms with Gasteiger partial charge in [0.25, 0.3) is 0 Å². The number of terminal acetylenes is 1. The van der Waals surface area contributed by atoms with E-state index < -0.39 is 36.2 Å². The number of carbonyl (C=O) groups is 3. The average Bonchev–Trinajstić information content (AvgIpc) is 3.09. The Kier molecular flexibility index (Phi) is 7.13. The van der Waals surface area contributed by atoms with Crippen molar-refractivity contribution in [2.45, 2.75) is 37.5 Å². The number of hydrogen-bond donors (Lipinski definition) is 4. The van der Waals surface area contributed by atoms with Gasteiger partial charge in [-0.05, 0) is 29.2 Å². The molecule has 0 aromatic heterocycles. The molecule has 0 heterocycles. The summed E-state index contributed by atoms with van der Waals surface area (Å²) in [4.78, 5) is 36.0. The van der Waals surface area contributed by atoms with Gasteiger partial charge in [-0.15, -0.1) is 12.3 Å². The number of carboxylic acids is 1. The number of alkyl carbamates (subject to hydrolysis) is 1. The molecule has 0 saturated heterocycles. The molecule has 3 rings (SSSR count). The fraction of sp³-hybridized carbons (Fsp3) is 0.292. The first kappa shape index (κ1) is 22.8. The van der Waals surface area contributed by atoms with Crippen LogP contribution in [0.3, 0.4) is 0 Å². The number of aliphatic hydroxyl groups excluding tert-OH is 1. The van der Waals surface area contributed by atoms with Crippen LogP contribution in [0.15, 0.2) is 48.5 Å². The first-order chi connectivity index (χ1) is 15.3. The van der Waals surface area contributed by atoms with Crippen molar-refractivity contribution < 1.29 is 29.3 Å². The van der Waals surface area contributed by atoms with E-state index in [1.54, 1.807) is 0 Å². The Balaban J connectivity index is 1.66. The summed E-state index contributed by atoms with van der Waals surface area (Å²) in [7, 11) is 0. The summed E-state index contributed by atoms with van der Waals surface area (Å²) in [6.07, 6.45) is 2.92. The predicted molar refractivity (Wildman–Crippen MR) is 117 cm³/mol. The molecule has 2 aromatic rings. The van der Waals surface area contributed by atoms with Gasteiger partial charge in [-0.1, -0.05) is 48.5 Å². The molecule has 2 amide bonds. The predicted octanol–water partition coefficient (Wildman–Crippen LogP) is 1.87. The van der Waals surface area contributed by atoms with E-state index >= 15 is 0 Å². The van der Waals surface area contributed by atoms with E-state index in [9.17, 15) is 19.5 Å². The van der Waals surface area contributed by atoms with Crippen molar-refractivity contribution in [1.82, 2.24) is 10.6 Å². The summed E-state index contributed by atoms with van der Waals surface area (Å²) in [6.45, 7) is 1.28. The summed E-state index contributed by atoms with van der Waals surface area (Å²) in [5, 5.41) is 23.2. The Morgan fingerprint density at radius 2 is 1.62 bits per heavy atom. The number of benzene rings is 2. The number of amides is 2. The van der Waals surface area contributed by atoms with E-state index in [0.29, 0.717) is 0 Å². The van der Waals surface area contributed by atoms with Crippen LogP contribution in [0, 0.1) is 12.3 Å². The molecule has 0 spiro atoms. The number of hydrogen-bond acceptors (Lipinski definition) is 5. The minimum Gasteiger partial charge on any atom is -0.480 e. The summed E-state index contributed by atoms with van der Waals surface area (Å²) >= 11 is 0. The molecule has 8 heteroatoms. The monoisotopic (exact) mass is 436 g/mol. The number of carbonyl (C=O) groups excluding carboxylic acids is 2. The van der Waals surface area contributed by atoms with Gasteiger partial charge in [0.1, 0.15) is 12.6 Å². The normalized spacial score (nSPS) is 14.8. The maximum Gasteiger partial charge on any atom is 0.407 e. The quantitative estimate of drug-likeness (QED) is 0.468. The minimum absolute atomic E-state index is 0.0513. The van der Waals surface area contributed by atoms with Crippen molar-refractivity contribution >= 4 is 18.0 Å². The standard InChI is InChI=1S/C24H24N2O6/c1-3-8-20(22(28)26-21(14(2)27)23(29)30)25-24(31)32-13-19-17-11-6-4-9-15(17)16-10-5-7-12-18(16)19/h1,4-7,9-12,14,19-21,27H,8,13H2,2H3,(H,25,31)(H,26,28)(H,29,30)/t14-,20?,21+/m1/s1. The highest BCUT2D eigenvalue weighted by Gasteiger charge is 2.31. The molecule has 32 heavy (non-hydrogen) atoms. The Hall–Kier alpha value is -3.83. The molecule has 0 bridgehead atoms. The van der Waals surface area contributed by atoms with Crippen LogP contribution in [0.1, 0.15) is 30.4 Å². The number of rotatable bonds is 8. The zero-order chi connectivity index (χ0) is 23.3. The van der Waals surface area contributed by atoms with Crippen LogP contribution in [0.4, 0.5) is 4.79 Å². The lowest BCUT2D eigenvalue weighted by molar-refractivity contribution is -0.145. The molecule has 0 aliphatic heterocycles. The number of fused-ring (bicyclic) bond motifs is 3. The van der Waals surface area contributed by atoms with Crippen LogP contribution < -0.4 is 10.6 Å². The fourth-order valence-corrected chi connectivity index (χ4v) is 3.75. The van der Waals surface area contributed by atoms with Crippen molar-refractivity contribution in [2.24, 2.45) is 0 Å². The van der Waals surface area contributed by atoms with Crippen LogP contribution in [-0.4, -0.2) is 53.0 Å². The lowest BCUT2D eigenvalue weighted by atomic mass is 9.98. The van der Waals surface area contributed by atoms with Gasteiger partial charge in [0.05, 0.1) is 6.10 Å². The summed E-state index contributed by atoms with van der Waals surface area (Å²) in [5.41, 5.74) is 4.25. The molecule has 1 unspecified atom stereocenters. The summed E-state index contributed by atoms with van der Waals surface area (Å²) in [6, 6.07) is 13.0. The number of carboxylic acid groups (broad SMARTS) is 1. The van der Waals surface area contributed by atoms with E-state index in [2.05, 4.69) is 16.6 Å². The molecule has 1 aliphatic carbocycles. The smallest absolute Gasteiger partial charge is 0.407 e. The molecule has 0 fully saturated rings. The lowest BCUT2D eigenvalue weighted by Crippen LogP contribution is -2.54. The fourth-order valence-electron chi connectivity index (χ4n) is 3.75. The zero-order valence-electron chi connectivity index (χ0n) is 17.4. The van der Waals surface area contributed by atoms with E-state index in [-0.39, 0.29) is 18.9 Å². The molecule has 4 N–H and O–H groups in total. The Morgan fingerprint density at radius 1 is 1.06 bits per heavy atom. The van der Waals surface area contributed by atoms with E-state index in [1.165, 1.54) is 6.92 Å². The van der Waals surface area contributed by atoms with E-state index in [0.717, 1.165) is 22.3 Å². The molecular formula is C24H24N2O6. The van der Waals surface area contributed by atoms with Gasteiger partial charge >= 0.3 is 12.1 Å². The summed E-state index contributed by atoms with van der Waals surface area (Å²) in [5.74, 6) is -0.122. The molecule has 1 aliphatic rings. The second-order valence-electron chi connectivity index (χ2n) is 7.50. The van der Waals surface area contributed by atoms with Crippen LogP contribution in [-0.2, 0) is 14.3 Å². The van der Waals surface area contributed by atoms with Gasteiger partial charge < -0.3 is 25.6 Å². The molecule has 3 atom stereocenters. The van der Waals surface area contributed by atoms with Crippen molar-refractivity contribution in [3.63, 3.8) is 0 Å². The average molecular weight is 436 g/mol. The van der Waals surface area contributed by atoms with Crippen LogP contribution in [0.2, 0.25) is 0 Å². The Morgan fingerprint density at radius 3 is 2.12 bits per heavy atom. The summed E-state index contributed by atoms with van der Waals surface area (Å²) < 4.78 is 5.40. The second kappa shape index (κ2) is 9.98. The Bertz CT molecular complexity index is 1010. The van der Waals surface area contributed by atoms with Gasteiger partial charge in [0, 0.05) is 12.3 Å². The van der Waals surface area contributed by atoms with Gasteiger partial charge in [-0.3, -0.25) is 4.79 Å². The highest BCUT2D eigenvalue weighted by atomic mass is 16.5. The van der Waals surface area contributed by atoms with Crippen molar-refractivity contribution in [3.8, 4) is 23.5 Å². The highest BCUT2D eigenvalue weighted by molar-refractivity contribution is 5.89. The number of aliphatic hydroxyl groups is 1. The van der Waals surface area contributed by atoms with Crippen molar-refractivity contribution in [3.05, 3.63) is 59.7 Å². The number of nitrogens with one attached hydrogen (secondary N) is 2. The molecule has 166 valence electrons. The van der Waals surface area contributed by atoms with Gasteiger partial charge in [0.15, 0.2) is 6.04 Å². The van der Waals surface area contributed by atoms with Crippen molar-refractivity contribution in [2.75, 3.05) is 6.61 Å². The van der Waals surface area contributed by atoms with Crippen molar-refractivity contribution in [1.29, 1.82) is 0 Å². The number of ether oxygens (including phenoxy) is 1. The third-order valence-corrected chi connectivity index (χ3v) is 5.32. The lowest BCUT2D eigenvalue weighted by Gasteiger charge is -2.22. The Labute approximate surface area is 185 Å². The largest absolute Gasteiger partial charge is 0.480 e. The third-order valence-electron chi connectivity index (χ3n) is 5.32. The van der Waals surface area contributed by atoms with E-state index in [1.807, 2.05) is 48.5 Å². The maximum atomic E-state index is 12.4. The third kappa shape index (κ3) is 4.90. The van der Waals surface area contributed by atoms with Crippen LogP contribution in [0.25, 0.3) is 11.1 Å². The molecule has 0 saturated carbocycles. The minimum atomic E-state index is -1.54. The SMILES string of the molecule is C#CCC(NC(=O)OCC1c2ccccc2-c2ccccc21)C(=O)N[C@H](C(=O)O)[C@@H](C)O. The molecule has 2 aromatic carbocycles. The molecule has 8 nitrogen and oxygen atoms in total. The first-order valence-electron chi connectivity index (χ1n) is 10.1. The van der Waals surface area contributed by atoms with Crippen LogP contribution >= 0.6 is 0 Å². The topological polar surface area (TPSA) is 125 Å². The van der Waals surface area contributed by atoms with Gasteiger partial charge in [-0.25, -0.2) is 9.59 Å². The zero-order valence-corrected chi connectivity index (χ0v) is 17.4. The second-order valence-corrected chi connectivity index (χ2v) is 7.50. The van der Waals surface area contributed by atoms with E-state index in [4.69, 9.17) is 16.3 Å². The number of aliphatic carboxylic acids is 1. The highest BCUT2D eigenvalue weighted by Crippen LogP contribution is 2.44. The maximum absolute atomic E-state index is 12.4. The molecular weight excluding hydrogens is 412 g/mol. The van der Waals surface area contributed by atoms with Gasteiger partial charge in [0.2, 0.25) is 5.91 Å². The molecule has 0 radical (unpaired) electrons. The first-order valence-corrected chi connectivity index (χ1v) is 10.1. The van der Waals surface area contributed by atoms with Crippen LogP contribution in [0.5, 0.6) is 0 Å².